The summed E-state index contributed by atoms with van der Waals surface area (Å²) in [6.07, 6.45) is 4.36. The molecule has 0 fully saturated rings. The second-order valence-corrected chi connectivity index (χ2v) is 7.39. The van der Waals surface area contributed by atoms with Crippen molar-refractivity contribution in [3.05, 3.63) is 53.1 Å². The number of rotatable bonds is 9. The average molecular weight is 425 g/mol. The van der Waals surface area contributed by atoms with Gasteiger partial charge in [-0.15, -0.1) is 0 Å². The van der Waals surface area contributed by atoms with Gasteiger partial charge < -0.3 is 19.5 Å². The summed E-state index contributed by atoms with van der Waals surface area (Å²) in [5.74, 6) is -0.163. The number of hydrogen-bond acceptors (Lipinski definition) is 6. The standard InChI is InChI=1S/C24H27NO6/c1-29-21-11-9-19(14-22(21)30-2)25-23(27)15-31-24(28)12-10-20(26)18-8-7-16-5-3-4-6-17(16)13-18/h7-9,11,13-14H,3-6,10,12,15H2,1-2H3,(H,25,27). The van der Waals surface area contributed by atoms with Gasteiger partial charge in [-0.3, -0.25) is 14.4 Å². The van der Waals surface area contributed by atoms with E-state index in [-0.39, 0.29) is 18.6 Å². The van der Waals surface area contributed by atoms with Crippen LogP contribution < -0.4 is 14.8 Å². The van der Waals surface area contributed by atoms with Crippen molar-refractivity contribution in [2.75, 3.05) is 26.1 Å². The molecular formula is C24H27NO6. The van der Waals surface area contributed by atoms with Crippen LogP contribution in [0.5, 0.6) is 11.5 Å². The number of nitrogens with one attached hydrogen (secondary N) is 1. The molecule has 1 N–H and O–H groups in total. The van der Waals surface area contributed by atoms with Crippen LogP contribution in [0.2, 0.25) is 0 Å². The molecular weight excluding hydrogens is 398 g/mol. The van der Waals surface area contributed by atoms with Gasteiger partial charge in [0.15, 0.2) is 23.9 Å². The second kappa shape index (κ2) is 10.6. The number of aryl methyl sites for hydroxylation is 2. The number of anilines is 1. The van der Waals surface area contributed by atoms with Gasteiger partial charge in [0, 0.05) is 23.7 Å². The minimum atomic E-state index is -0.589. The summed E-state index contributed by atoms with van der Waals surface area (Å²) in [5, 5.41) is 2.62. The molecule has 1 aliphatic carbocycles. The van der Waals surface area contributed by atoms with Crippen LogP contribution in [0.1, 0.15) is 47.2 Å². The Labute approximate surface area is 181 Å². The Balaban J connectivity index is 1.43. The molecule has 0 bridgehead atoms. The Morgan fingerprint density at radius 2 is 1.61 bits per heavy atom. The molecule has 0 aliphatic heterocycles. The molecule has 7 heteroatoms. The molecule has 0 heterocycles. The van der Waals surface area contributed by atoms with Gasteiger partial charge in [-0.1, -0.05) is 12.1 Å². The van der Waals surface area contributed by atoms with Crippen LogP contribution >= 0.6 is 0 Å². The molecule has 2 aromatic carbocycles. The molecule has 7 nitrogen and oxygen atoms in total. The summed E-state index contributed by atoms with van der Waals surface area (Å²) in [4.78, 5) is 36.4. The molecule has 2 aromatic rings. The molecule has 1 aliphatic rings. The first kappa shape index (κ1) is 22.3. The monoisotopic (exact) mass is 425 g/mol. The zero-order valence-electron chi connectivity index (χ0n) is 17.9. The largest absolute Gasteiger partial charge is 0.493 e. The maximum absolute atomic E-state index is 12.4. The normalized spacial score (nSPS) is 12.5. The summed E-state index contributed by atoms with van der Waals surface area (Å²) >= 11 is 0. The molecule has 164 valence electrons. The summed E-state index contributed by atoms with van der Waals surface area (Å²) in [6.45, 7) is -0.430. The number of Topliss-reactive ketones (excluding diaryl/α,β-unsaturated/α-hetero) is 1. The Morgan fingerprint density at radius 1 is 0.871 bits per heavy atom. The van der Waals surface area contributed by atoms with Gasteiger partial charge in [-0.05, 0) is 55.0 Å². The molecule has 0 atom stereocenters. The van der Waals surface area contributed by atoms with E-state index in [0.717, 1.165) is 19.3 Å². The summed E-state index contributed by atoms with van der Waals surface area (Å²) in [6, 6.07) is 10.7. The maximum Gasteiger partial charge on any atom is 0.306 e. The van der Waals surface area contributed by atoms with Crippen molar-refractivity contribution < 1.29 is 28.6 Å². The van der Waals surface area contributed by atoms with Crippen molar-refractivity contribution in [1.29, 1.82) is 0 Å². The minimum Gasteiger partial charge on any atom is -0.493 e. The SMILES string of the molecule is COc1ccc(NC(=O)COC(=O)CCC(=O)c2ccc3c(c2)CCCC3)cc1OC. The summed E-state index contributed by atoms with van der Waals surface area (Å²) < 4.78 is 15.3. The van der Waals surface area contributed by atoms with Crippen molar-refractivity contribution in [1.82, 2.24) is 0 Å². The number of esters is 1. The smallest absolute Gasteiger partial charge is 0.306 e. The van der Waals surface area contributed by atoms with E-state index in [2.05, 4.69) is 5.32 Å². The summed E-state index contributed by atoms with van der Waals surface area (Å²) in [7, 11) is 3.02. The first-order valence-corrected chi connectivity index (χ1v) is 10.3. The van der Waals surface area contributed by atoms with Crippen molar-refractivity contribution in [3.63, 3.8) is 0 Å². The number of hydrogen-bond donors (Lipinski definition) is 1. The van der Waals surface area contributed by atoms with Gasteiger partial charge in [-0.25, -0.2) is 0 Å². The van der Waals surface area contributed by atoms with Crippen molar-refractivity contribution in [2.45, 2.75) is 38.5 Å². The quantitative estimate of drug-likeness (QED) is 0.486. The lowest BCUT2D eigenvalue weighted by Gasteiger charge is -2.16. The van der Waals surface area contributed by atoms with Gasteiger partial charge in [0.1, 0.15) is 0 Å². The van der Waals surface area contributed by atoms with Crippen LogP contribution in [-0.4, -0.2) is 38.5 Å². The number of carbonyl (C=O) groups excluding carboxylic acids is 3. The highest BCUT2D eigenvalue weighted by atomic mass is 16.5. The lowest BCUT2D eigenvalue weighted by Crippen LogP contribution is -2.21. The molecule has 0 saturated carbocycles. The molecule has 0 aromatic heterocycles. The van der Waals surface area contributed by atoms with E-state index in [1.165, 1.54) is 31.8 Å². The highest BCUT2D eigenvalue weighted by molar-refractivity contribution is 5.98. The van der Waals surface area contributed by atoms with Gasteiger partial charge >= 0.3 is 5.97 Å². The van der Waals surface area contributed by atoms with E-state index in [1.807, 2.05) is 18.2 Å². The van der Waals surface area contributed by atoms with Crippen LogP contribution in [0.15, 0.2) is 36.4 Å². The van der Waals surface area contributed by atoms with E-state index in [1.54, 1.807) is 18.2 Å². The van der Waals surface area contributed by atoms with Crippen molar-refractivity contribution in [2.24, 2.45) is 0 Å². The first-order valence-electron chi connectivity index (χ1n) is 10.3. The topological polar surface area (TPSA) is 90.9 Å². The number of ketones is 1. The van der Waals surface area contributed by atoms with Gasteiger partial charge in [-0.2, -0.15) is 0 Å². The highest BCUT2D eigenvalue weighted by Gasteiger charge is 2.15. The molecule has 0 spiro atoms. The predicted molar refractivity (Wildman–Crippen MR) is 116 cm³/mol. The maximum atomic E-state index is 12.4. The number of carbonyl (C=O) groups is 3. The Morgan fingerprint density at radius 3 is 2.35 bits per heavy atom. The van der Waals surface area contributed by atoms with Crippen LogP contribution in [0.4, 0.5) is 5.69 Å². The molecule has 0 saturated heterocycles. The molecule has 0 radical (unpaired) electrons. The Hall–Kier alpha value is -3.35. The van der Waals surface area contributed by atoms with Crippen molar-refractivity contribution in [3.8, 4) is 11.5 Å². The lowest BCUT2D eigenvalue weighted by molar-refractivity contribution is -0.147. The number of methoxy groups -OCH3 is 2. The third-order valence-electron chi connectivity index (χ3n) is 5.26. The van der Waals surface area contributed by atoms with E-state index in [9.17, 15) is 14.4 Å². The van der Waals surface area contributed by atoms with E-state index >= 15 is 0 Å². The number of fused-ring (bicyclic) bond motifs is 1. The highest BCUT2D eigenvalue weighted by Crippen LogP contribution is 2.29. The van der Waals surface area contributed by atoms with Crippen LogP contribution in [0, 0.1) is 0 Å². The Bertz CT molecular complexity index is 969. The zero-order chi connectivity index (χ0) is 22.2. The minimum absolute atomic E-state index is 0.0505. The first-order chi connectivity index (χ1) is 15.0. The average Bonchev–Trinajstić information content (AvgIpc) is 2.80. The van der Waals surface area contributed by atoms with Gasteiger partial charge in [0.05, 0.1) is 20.6 Å². The second-order valence-electron chi connectivity index (χ2n) is 7.39. The zero-order valence-corrected chi connectivity index (χ0v) is 17.9. The Kier molecular flexibility index (Phi) is 7.65. The number of benzene rings is 2. The van der Waals surface area contributed by atoms with E-state index in [4.69, 9.17) is 14.2 Å². The predicted octanol–water partition coefficient (Wildman–Crippen LogP) is 3.73. The van der Waals surface area contributed by atoms with Gasteiger partial charge in [0.2, 0.25) is 0 Å². The molecule has 31 heavy (non-hydrogen) atoms. The third kappa shape index (κ3) is 6.07. The fraction of sp³-hybridized carbons (Fsp3) is 0.375. The van der Waals surface area contributed by atoms with Crippen molar-refractivity contribution >= 4 is 23.3 Å². The van der Waals surface area contributed by atoms with Crippen LogP contribution in [-0.2, 0) is 27.2 Å². The number of amides is 1. The number of ether oxygens (including phenoxy) is 3. The lowest BCUT2D eigenvalue weighted by atomic mass is 9.89. The third-order valence-corrected chi connectivity index (χ3v) is 5.26. The van der Waals surface area contributed by atoms with Gasteiger partial charge in [0.25, 0.3) is 5.91 Å². The van der Waals surface area contributed by atoms with Crippen LogP contribution in [0.3, 0.4) is 0 Å². The van der Waals surface area contributed by atoms with E-state index < -0.39 is 18.5 Å². The van der Waals surface area contributed by atoms with Crippen LogP contribution in [0.25, 0.3) is 0 Å². The molecule has 1 amide bonds. The summed E-state index contributed by atoms with van der Waals surface area (Å²) in [5.41, 5.74) is 3.65. The molecule has 0 unspecified atom stereocenters. The van der Waals surface area contributed by atoms with E-state index in [0.29, 0.717) is 22.7 Å². The fourth-order valence-electron chi connectivity index (χ4n) is 3.60. The fourth-order valence-corrected chi connectivity index (χ4v) is 3.60. The molecule has 3 rings (SSSR count).